The van der Waals surface area contributed by atoms with Crippen LogP contribution >= 0.6 is 11.6 Å². The van der Waals surface area contributed by atoms with Crippen LogP contribution in [0.1, 0.15) is 0 Å². The zero-order valence-electron chi connectivity index (χ0n) is 15.4. The molecule has 9 heteroatoms. The van der Waals surface area contributed by atoms with Crippen LogP contribution < -0.4 is 9.04 Å². The van der Waals surface area contributed by atoms with Gasteiger partial charge in [-0.2, -0.15) is 0 Å². The van der Waals surface area contributed by atoms with Crippen molar-refractivity contribution in [3.05, 3.63) is 53.6 Å². The number of morpholine rings is 1. The number of halogens is 1. The second-order valence-corrected chi connectivity index (χ2v) is 8.46. The smallest absolute Gasteiger partial charge is 0.264 e. The lowest BCUT2D eigenvalue weighted by atomic mass is 10.3. The summed E-state index contributed by atoms with van der Waals surface area (Å²) in [5.41, 5.74) is 0.324. The number of carbonyl (C=O) groups is 1. The Bertz CT molecular complexity index is 928. The summed E-state index contributed by atoms with van der Waals surface area (Å²) in [4.78, 5) is 14.4. The van der Waals surface area contributed by atoms with E-state index in [1.54, 1.807) is 35.2 Å². The third-order valence-electron chi connectivity index (χ3n) is 4.39. The van der Waals surface area contributed by atoms with Gasteiger partial charge in [-0.25, -0.2) is 8.42 Å². The van der Waals surface area contributed by atoms with E-state index in [2.05, 4.69) is 0 Å². The molecule has 0 saturated carbocycles. The van der Waals surface area contributed by atoms with Crippen LogP contribution in [-0.4, -0.2) is 59.2 Å². The van der Waals surface area contributed by atoms with Gasteiger partial charge in [-0.3, -0.25) is 9.10 Å². The Kier molecular flexibility index (Phi) is 6.43. The van der Waals surface area contributed by atoms with Crippen molar-refractivity contribution in [1.29, 1.82) is 0 Å². The van der Waals surface area contributed by atoms with Crippen LogP contribution in [0.2, 0.25) is 5.02 Å². The van der Waals surface area contributed by atoms with Crippen LogP contribution in [0, 0.1) is 0 Å². The van der Waals surface area contributed by atoms with Crippen molar-refractivity contribution in [2.24, 2.45) is 0 Å². The van der Waals surface area contributed by atoms with Crippen LogP contribution in [-0.2, 0) is 19.6 Å². The number of carbonyl (C=O) groups excluding carboxylic acids is 1. The maximum Gasteiger partial charge on any atom is 0.264 e. The zero-order chi connectivity index (χ0) is 20.1. The largest absolute Gasteiger partial charge is 0.497 e. The summed E-state index contributed by atoms with van der Waals surface area (Å²) < 4.78 is 38.0. The van der Waals surface area contributed by atoms with Gasteiger partial charge >= 0.3 is 0 Å². The standard InChI is InChI=1S/C19H21ClN2O5S/c1-26-17-5-7-18(8-6-17)28(24,25)22(16-4-2-3-15(20)13-16)14-19(23)21-9-11-27-12-10-21/h2-8,13H,9-12,14H2,1H3. The summed E-state index contributed by atoms with van der Waals surface area (Å²) in [7, 11) is -2.49. The van der Waals surface area contributed by atoms with Crippen molar-refractivity contribution in [2.75, 3.05) is 44.3 Å². The van der Waals surface area contributed by atoms with Crippen LogP contribution in [0.25, 0.3) is 0 Å². The topological polar surface area (TPSA) is 76.2 Å². The molecule has 0 bridgehead atoms. The highest BCUT2D eigenvalue weighted by molar-refractivity contribution is 7.92. The number of hydrogen-bond acceptors (Lipinski definition) is 5. The highest BCUT2D eigenvalue weighted by Crippen LogP contribution is 2.27. The lowest BCUT2D eigenvalue weighted by molar-refractivity contribution is -0.133. The molecule has 3 rings (SSSR count). The molecule has 7 nitrogen and oxygen atoms in total. The second kappa shape index (κ2) is 8.81. The average Bonchev–Trinajstić information content (AvgIpc) is 2.72. The molecule has 28 heavy (non-hydrogen) atoms. The quantitative estimate of drug-likeness (QED) is 0.711. The Labute approximate surface area is 169 Å². The lowest BCUT2D eigenvalue weighted by Crippen LogP contribution is -2.47. The number of benzene rings is 2. The number of rotatable bonds is 6. The van der Waals surface area contributed by atoms with E-state index in [4.69, 9.17) is 21.1 Å². The number of sulfonamides is 1. The van der Waals surface area contributed by atoms with E-state index in [-0.39, 0.29) is 17.3 Å². The van der Waals surface area contributed by atoms with Crippen molar-refractivity contribution in [3.8, 4) is 5.75 Å². The molecule has 1 saturated heterocycles. The van der Waals surface area contributed by atoms with Gasteiger partial charge in [-0.1, -0.05) is 17.7 Å². The first-order chi connectivity index (χ1) is 13.4. The van der Waals surface area contributed by atoms with Crippen molar-refractivity contribution in [2.45, 2.75) is 4.90 Å². The van der Waals surface area contributed by atoms with Crippen molar-refractivity contribution >= 4 is 33.2 Å². The van der Waals surface area contributed by atoms with Crippen molar-refractivity contribution < 1.29 is 22.7 Å². The fourth-order valence-electron chi connectivity index (χ4n) is 2.86. The minimum Gasteiger partial charge on any atom is -0.497 e. The van der Waals surface area contributed by atoms with E-state index in [1.807, 2.05) is 0 Å². The number of hydrogen-bond donors (Lipinski definition) is 0. The summed E-state index contributed by atoms with van der Waals surface area (Å²) in [6.45, 7) is 1.42. The molecule has 1 aliphatic rings. The molecular formula is C19H21ClN2O5S. The highest BCUT2D eigenvalue weighted by Gasteiger charge is 2.29. The number of anilines is 1. The van der Waals surface area contributed by atoms with Crippen LogP contribution in [0.5, 0.6) is 5.75 Å². The van der Waals surface area contributed by atoms with Gasteiger partial charge < -0.3 is 14.4 Å². The van der Waals surface area contributed by atoms with E-state index in [1.165, 1.54) is 25.3 Å². The van der Waals surface area contributed by atoms with Crippen molar-refractivity contribution in [1.82, 2.24) is 4.90 Å². The van der Waals surface area contributed by atoms with Crippen molar-refractivity contribution in [3.63, 3.8) is 0 Å². The van der Waals surface area contributed by atoms with E-state index in [0.29, 0.717) is 42.8 Å². The fraction of sp³-hybridized carbons (Fsp3) is 0.316. The molecule has 150 valence electrons. The van der Waals surface area contributed by atoms with E-state index in [9.17, 15) is 13.2 Å². The van der Waals surface area contributed by atoms with Crippen LogP contribution in [0.15, 0.2) is 53.4 Å². The third-order valence-corrected chi connectivity index (χ3v) is 6.41. The van der Waals surface area contributed by atoms with E-state index < -0.39 is 10.0 Å². The van der Waals surface area contributed by atoms with Gasteiger partial charge in [0.25, 0.3) is 10.0 Å². The number of amides is 1. The van der Waals surface area contributed by atoms with Gasteiger partial charge in [0.05, 0.1) is 30.9 Å². The Balaban J connectivity index is 1.95. The minimum atomic E-state index is -3.99. The van der Waals surface area contributed by atoms with E-state index >= 15 is 0 Å². The molecule has 0 N–H and O–H groups in total. The fourth-order valence-corrected chi connectivity index (χ4v) is 4.45. The van der Waals surface area contributed by atoms with Gasteiger partial charge in [-0.05, 0) is 42.5 Å². The minimum absolute atomic E-state index is 0.0584. The third kappa shape index (κ3) is 4.57. The molecule has 0 aromatic heterocycles. The molecule has 1 heterocycles. The highest BCUT2D eigenvalue weighted by atomic mass is 35.5. The molecule has 2 aromatic carbocycles. The van der Waals surface area contributed by atoms with Crippen LogP contribution in [0.4, 0.5) is 5.69 Å². The zero-order valence-corrected chi connectivity index (χ0v) is 16.9. The van der Waals surface area contributed by atoms with Gasteiger partial charge in [0, 0.05) is 18.1 Å². The number of methoxy groups -OCH3 is 1. The maximum absolute atomic E-state index is 13.3. The molecule has 1 fully saturated rings. The summed E-state index contributed by atoms with van der Waals surface area (Å²) in [6, 6.07) is 12.4. The molecular weight excluding hydrogens is 404 g/mol. The van der Waals surface area contributed by atoms with Crippen LogP contribution in [0.3, 0.4) is 0 Å². The molecule has 0 spiro atoms. The van der Waals surface area contributed by atoms with E-state index in [0.717, 1.165) is 4.31 Å². The maximum atomic E-state index is 13.3. The van der Waals surface area contributed by atoms with Gasteiger partial charge in [0.15, 0.2) is 0 Å². The van der Waals surface area contributed by atoms with Gasteiger partial charge in [0.1, 0.15) is 12.3 Å². The Morgan fingerprint density at radius 1 is 1.18 bits per heavy atom. The SMILES string of the molecule is COc1ccc(S(=O)(=O)N(CC(=O)N2CCOCC2)c2cccc(Cl)c2)cc1. The first-order valence-corrected chi connectivity index (χ1v) is 10.5. The average molecular weight is 425 g/mol. The normalized spacial score (nSPS) is 14.6. The summed E-state index contributed by atoms with van der Waals surface area (Å²) in [6.07, 6.45) is 0. The predicted octanol–water partition coefficient (Wildman–Crippen LogP) is 2.40. The first kappa shape index (κ1) is 20.4. The van der Waals surface area contributed by atoms with Gasteiger partial charge in [-0.15, -0.1) is 0 Å². The summed E-state index contributed by atoms with van der Waals surface area (Å²) in [5, 5.41) is 0.381. The molecule has 2 aromatic rings. The molecule has 0 unspecified atom stereocenters. The predicted molar refractivity (Wildman–Crippen MR) is 106 cm³/mol. The Morgan fingerprint density at radius 3 is 2.46 bits per heavy atom. The number of ether oxygens (including phenoxy) is 2. The number of nitrogens with zero attached hydrogens (tertiary/aromatic N) is 2. The second-order valence-electron chi connectivity index (χ2n) is 6.16. The molecule has 1 aliphatic heterocycles. The summed E-state index contributed by atoms with van der Waals surface area (Å²) in [5.74, 6) is 0.248. The first-order valence-electron chi connectivity index (χ1n) is 8.70. The lowest BCUT2D eigenvalue weighted by Gasteiger charge is -2.30. The molecule has 0 aliphatic carbocycles. The Morgan fingerprint density at radius 2 is 1.86 bits per heavy atom. The van der Waals surface area contributed by atoms with Gasteiger partial charge in [0.2, 0.25) is 5.91 Å². The summed E-state index contributed by atoms with van der Waals surface area (Å²) >= 11 is 6.06. The molecule has 1 amide bonds. The molecule has 0 atom stereocenters. The Hall–Kier alpha value is -2.29. The molecule has 0 radical (unpaired) electrons. The monoisotopic (exact) mass is 424 g/mol.